The van der Waals surface area contributed by atoms with E-state index >= 15 is 0 Å². The lowest BCUT2D eigenvalue weighted by Gasteiger charge is -2.12. The minimum Gasteiger partial charge on any atom is -0.497 e. The molecule has 9 heteroatoms. The van der Waals surface area contributed by atoms with Crippen LogP contribution in [0.1, 0.15) is 5.56 Å². The van der Waals surface area contributed by atoms with Crippen LogP contribution in [0.25, 0.3) is 27.9 Å². The third-order valence-corrected chi connectivity index (χ3v) is 3.98. The first-order valence-electron chi connectivity index (χ1n) is 7.52. The molecule has 0 aliphatic heterocycles. The van der Waals surface area contributed by atoms with E-state index in [1.807, 2.05) is 0 Å². The molecule has 4 aromatic rings. The lowest BCUT2D eigenvalue weighted by molar-refractivity contribution is -0.137. The summed E-state index contributed by atoms with van der Waals surface area (Å²) in [5.74, 6) is -0.130. The normalized spacial score (nSPS) is 12.0. The molecule has 0 unspecified atom stereocenters. The van der Waals surface area contributed by atoms with Crippen molar-refractivity contribution in [3.63, 3.8) is 0 Å². The molecule has 6 nitrogen and oxygen atoms in total. The number of nitrogens with zero attached hydrogens (tertiary/aromatic N) is 3. The Morgan fingerprint density at radius 2 is 1.92 bits per heavy atom. The van der Waals surface area contributed by atoms with Crippen molar-refractivity contribution < 1.29 is 17.9 Å². The summed E-state index contributed by atoms with van der Waals surface area (Å²) in [6, 6.07) is 10.4. The predicted octanol–water partition coefficient (Wildman–Crippen LogP) is 3.27. The highest BCUT2D eigenvalue weighted by atomic mass is 19.4. The smallest absolute Gasteiger partial charge is 0.417 e. The van der Waals surface area contributed by atoms with E-state index < -0.39 is 17.4 Å². The van der Waals surface area contributed by atoms with E-state index in [9.17, 15) is 18.0 Å². The zero-order valence-corrected chi connectivity index (χ0v) is 13.3. The Kier molecular flexibility index (Phi) is 3.46. The van der Waals surface area contributed by atoms with Crippen LogP contribution < -0.4 is 10.4 Å². The second kappa shape index (κ2) is 5.58. The van der Waals surface area contributed by atoms with Crippen molar-refractivity contribution >= 4 is 16.6 Å². The Labute approximate surface area is 143 Å². The van der Waals surface area contributed by atoms with Gasteiger partial charge >= 0.3 is 11.9 Å². The molecule has 0 saturated heterocycles. The largest absolute Gasteiger partial charge is 0.497 e. The minimum atomic E-state index is -4.63. The summed E-state index contributed by atoms with van der Waals surface area (Å²) in [6.07, 6.45) is -4.63. The second-order valence-electron chi connectivity index (χ2n) is 5.56. The zero-order chi connectivity index (χ0) is 18.5. The van der Waals surface area contributed by atoms with Gasteiger partial charge < -0.3 is 9.72 Å². The summed E-state index contributed by atoms with van der Waals surface area (Å²) >= 11 is 0. The standard InChI is InChI=1S/C17H11F3N4O2/c1-26-9-6-7-10(12(8-9)17(18,19)20)14-22-15-11-4-2-3-5-13(11)21-16(25)24(15)23-14/h2-8H,1H3,(H,21,25). The number of ether oxygens (including phenoxy) is 1. The van der Waals surface area contributed by atoms with E-state index in [4.69, 9.17) is 4.74 Å². The Morgan fingerprint density at radius 1 is 1.15 bits per heavy atom. The molecule has 26 heavy (non-hydrogen) atoms. The molecular weight excluding hydrogens is 349 g/mol. The summed E-state index contributed by atoms with van der Waals surface area (Å²) in [6.45, 7) is 0. The van der Waals surface area contributed by atoms with Crippen molar-refractivity contribution in [1.82, 2.24) is 19.6 Å². The van der Waals surface area contributed by atoms with Crippen LogP contribution in [0.3, 0.4) is 0 Å². The van der Waals surface area contributed by atoms with Gasteiger partial charge in [-0.1, -0.05) is 12.1 Å². The summed E-state index contributed by atoms with van der Waals surface area (Å²) in [7, 11) is 1.28. The van der Waals surface area contributed by atoms with Crippen LogP contribution in [0.2, 0.25) is 0 Å². The number of halogens is 3. The van der Waals surface area contributed by atoms with Gasteiger partial charge in [0, 0.05) is 10.9 Å². The monoisotopic (exact) mass is 360 g/mol. The lowest BCUT2D eigenvalue weighted by atomic mass is 10.1. The maximum absolute atomic E-state index is 13.5. The molecule has 2 aromatic carbocycles. The van der Waals surface area contributed by atoms with Gasteiger partial charge in [0.05, 0.1) is 18.2 Å². The molecule has 0 amide bonds. The number of para-hydroxylation sites is 1. The zero-order valence-electron chi connectivity index (χ0n) is 13.3. The Hall–Kier alpha value is -3.36. The number of nitrogens with one attached hydrogen (secondary N) is 1. The van der Waals surface area contributed by atoms with Crippen LogP contribution in [-0.4, -0.2) is 26.7 Å². The van der Waals surface area contributed by atoms with E-state index in [0.717, 1.165) is 10.6 Å². The highest BCUT2D eigenvalue weighted by Crippen LogP contribution is 2.38. The molecule has 0 saturated carbocycles. The number of methoxy groups -OCH3 is 1. The third-order valence-electron chi connectivity index (χ3n) is 3.98. The molecule has 4 rings (SSSR count). The van der Waals surface area contributed by atoms with Crippen molar-refractivity contribution in [2.45, 2.75) is 6.18 Å². The van der Waals surface area contributed by atoms with Crippen molar-refractivity contribution in [2.24, 2.45) is 0 Å². The van der Waals surface area contributed by atoms with Crippen molar-refractivity contribution in [3.8, 4) is 17.1 Å². The maximum Gasteiger partial charge on any atom is 0.417 e. The number of benzene rings is 2. The molecule has 132 valence electrons. The van der Waals surface area contributed by atoms with Crippen molar-refractivity contribution in [3.05, 3.63) is 58.5 Å². The summed E-state index contributed by atoms with van der Waals surface area (Å²) in [5.41, 5.74) is -1.04. The summed E-state index contributed by atoms with van der Waals surface area (Å²) < 4.78 is 46.2. The molecule has 1 N–H and O–H groups in total. The lowest BCUT2D eigenvalue weighted by Crippen LogP contribution is -2.17. The fraction of sp³-hybridized carbons (Fsp3) is 0.118. The number of hydrogen-bond acceptors (Lipinski definition) is 4. The van der Waals surface area contributed by atoms with Crippen LogP contribution in [0.5, 0.6) is 5.75 Å². The fourth-order valence-corrected chi connectivity index (χ4v) is 2.78. The van der Waals surface area contributed by atoms with Crippen LogP contribution in [-0.2, 0) is 6.18 Å². The average Bonchev–Trinajstić information content (AvgIpc) is 3.07. The number of alkyl halides is 3. The Bertz CT molecular complexity index is 1190. The predicted molar refractivity (Wildman–Crippen MR) is 88.1 cm³/mol. The van der Waals surface area contributed by atoms with Crippen LogP contribution in [0.4, 0.5) is 13.2 Å². The average molecular weight is 360 g/mol. The third kappa shape index (κ3) is 2.48. The van der Waals surface area contributed by atoms with E-state index in [-0.39, 0.29) is 22.8 Å². The Balaban J connectivity index is 2.03. The molecule has 0 aliphatic rings. The first kappa shape index (κ1) is 16.1. The molecule has 2 heterocycles. The van der Waals surface area contributed by atoms with Gasteiger partial charge in [0.25, 0.3) is 0 Å². The number of fused-ring (bicyclic) bond motifs is 3. The van der Waals surface area contributed by atoms with Gasteiger partial charge in [0.15, 0.2) is 11.5 Å². The van der Waals surface area contributed by atoms with Crippen LogP contribution in [0, 0.1) is 0 Å². The van der Waals surface area contributed by atoms with Gasteiger partial charge in [0.2, 0.25) is 0 Å². The molecule has 0 aliphatic carbocycles. The molecule has 0 spiro atoms. The number of aromatic amines is 1. The maximum atomic E-state index is 13.5. The second-order valence-corrected chi connectivity index (χ2v) is 5.56. The van der Waals surface area contributed by atoms with Gasteiger partial charge in [-0.15, -0.1) is 5.10 Å². The quantitative estimate of drug-likeness (QED) is 0.596. The van der Waals surface area contributed by atoms with Gasteiger partial charge in [-0.05, 0) is 30.3 Å². The van der Waals surface area contributed by atoms with Crippen LogP contribution in [0.15, 0.2) is 47.3 Å². The highest BCUT2D eigenvalue weighted by Gasteiger charge is 2.35. The van der Waals surface area contributed by atoms with E-state index in [2.05, 4.69) is 15.1 Å². The van der Waals surface area contributed by atoms with E-state index in [0.29, 0.717) is 10.9 Å². The molecule has 0 radical (unpaired) electrons. The molecular formula is C17H11F3N4O2. The number of hydrogen-bond donors (Lipinski definition) is 1. The number of rotatable bonds is 2. The summed E-state index contributed by atoms with van der Waals surface area (Å²) in [4.78, 5) is 19.0. The molecule has 0 fully saturated rings. The topological polar surface area (TPSA) is 72.3 Å². The van der Waals surface area contributed by atoms with Gasteiger partial charge in [-0.2, -0.15) is 17.7 Å². The molecule has 0 bridgehead atoms. The highest BCUT2D eigenvalue weighted by molar-refractivity contribution is 5.91. The van der Waals surface area contributed by atoms with E-state index in [1.54, 1.807) is 24.3 Å². The first-order chi connectivity index (χ1) is 12.4. The Morgan fingerprint density at radius 3 is 2.65 bits per heavy atom. The fourth-order valence-electron chi connectivity index (χ4n) is 2.78. The van der Waals surface area contributed by atoms with Crippen molar-refractivity contribution in [2.75, 3.05) is 7.11 Å². The van der Waals surface area contributed by atoms with Gasteiger partial charge in [-0.25, -0.2) is 9.78 Å². The first-order valence-corrected chi connectivity index (χ1v) is 7.52. The number of H-pyrrole nitrogens is 1. The van der Waals surface area contributed by atoms with Crippen LogP contribution >= 0.6 is 0 Å². The number of aromatic nitrogens is 4. The molecule has 0 atom stereocenters. The van der Waals surface area contributed by atoms with Gasteiger partial charge in [-0.3, -0.25) is 0 Å². The SMILES string of the molecule is COc1ccc(-c2nc3c4ccccc4[nH]c(=O)n3n2)c(C(F)(F)F)c1. The minimum absolute atomic E-state index is 0.0631. The molecule has 2 aromatic heterocycles. The van der Waals surface area contributed by atoms with Crippen molar-refractivity contribution in [1.29, 1.82) is 0 Å². The van der Waals surface area contributed by atoms with Gasteiger partial charge in [0.1, 0.15) is 5.75 Å². The van der Waals surface area contributed by atoms with E-state index in [1.165, 1.54) is 19.2 Å². The summed E-state index contributed by atoms with van der Waals surface area (Å²) in [5, 5.41) is 4.56.